The highest BCUT2D eigenvalue weighted by atomic mass is 79.9. The standard InChI is InChI=1S/C15H17BrN2O2S/c1-2-18-21(19,20)15-6-4-3-5-14(15)17-11-12-7-9-13(16)10-8-12/h3-10,17-18H,2,11H2,1H3. The first-order valence-corrected chi connectivity index (χ1v) is 8.87. The molecule has 0 aliphatic carbocycles. The number of sulfonamides is 1. The van der Waals surface area contributed by atoms with Gasteiger partial charge in [-0.25, -0.2) is 13.1 Å². The van der Waals surface area contributed by atoms with Gasteiger partial charge in [-0.1, -0.05) is 47.1 Å². The third kappa shape index (κ3) is 4.30. The van der Waals surface area contributed by atoms with Crippen LogP contribution >= 0.6 is 15.9 Å². The number of rotatable bonds is 6. The predicted molar refractivity (Wildman–Crippen MR) is 88.8 cm³/mol. The van der Waals surface area contributed by atoms with E-state index in [1.165, 1.54) is 0 Å². The highest BCUT2D eigenvalue weighted by molar-refractivity contribution is 9.10. The Balaban J connectivity index is 2.19. The smallest absolute Gasteiger partial charge is 0.242 e. The Labute approximate surface area is 133 Å². The van der Waals surface area contributed by atoms with Gasteiger partial charge in [0.2, 0.25) is 10.0 Å². The minimum atomic E-state index is -3.47. The van der Waals surface area contributed by atoms with Gasteiger partial charge in [0.15, 0.2) is 0 Å². The Bertz CT molecular complexity index is 700. The lowest BCUT2D eigenvalue weighted by Crippen LogP contribution is -2.24. The first-order valence-electron chi connectivity index (χ1n) is 6.60. The van der Waals surface area contributed by atoms with E-state index in [0.29, 0.717) is 18.8 Å². The van der Waals surface area contributed by atoms with Gasteiger partial charge in [0.1, 0.15) is 4.90 Å². The molecule has 21 heavy (non-hydrogen) atoms. The zero-order chi connectivity index (χ0) is 15.3. The first kappa shape index (κ1) is 16.0. The van der Waals surface area contributed by atoms with Crippen LogP contribution in [0.5, 0.6) is 0 Å². The molecule has 6 heteroatoms. The van der Waals surface area contributed by atoms with E-state index < -0.39 is 10.0 Å². The zero-order valence-corrected chi connectivity index (χ0v) is 14.0. The van der Waals surface area contributed by atoms with Crippen molar-refractivity contribution in [3.63, 3.8) is 0 Å². The summed E-state index contributed by atoms with van der Waals surface area (Å²) in [5.41, 5.74) is 1.68. The lowest BCUT2D eigenvalue weighted by molar-refractivity contribution is 0.584. The quantitative estimate of drug-likeness (QED) is 0.821. The van der Waals surface area contributed by atoms with Crippen molar-refractivity contribution in [1.82, 2.24) is 4.72 Å². The summed E-state index contributed by atoms with van der Waals surface area (Å²) in [6.07, 6.45) is 0. The molecule has 4 nitrogen and oxygen atoms in total. The van der Waals surface area contributed by atoms with E-state index in [4.69, 9.17) is 0 Å². The van der Waals surface area contributed by atoms with Gasteiger partial charge in [0, 0.05) is 17.6 Å². The molecule has 0 atom stereocenters. The summed E-state index contributed by atoms with van der Waals surface area (Å²) in [5.74, 6) is 0. The Kier molecular flexibility index (Phi) is 5.39. The maximum absolute atomic E-state index is 12.2. The molecule has 2 aromatic carbocycles. The molecule has 0 aliphatic heterocycles. The summed E-state index contributed by atoms with van der Waals surface area (Å²) in [5, 5.41) is 3.18. The first-order chi connectivity index (χ1) is 10.0. The van der Waals surface area contributed by atoms with Gasteiger partial charge in [-0.15, -0.1) is 0 Å². The van der Waals surface area contributed by atoms with Crippen molar-refractivity contribution in [1.29, 1.82) is 0 Å². The Morgan fingerprint density at radius 3 is 2.38 bits per heavy atom. The van der Waals surface area contributed by atoms with E-state index in [1.54, 1.807) is 25.1 Å². The molecule has 0 aliphatic rings. The van der Waals surface area contributed by atoms with Crippen LogP contribution in [-0.2, 0) is 16.6 Å². The number of para-hydroxylation sites is 1. The minimum absolute atomic E-state index is 0.268. The number of halogens is 1. The Morgan fingerprint density at radius 2 is 1.71 bits per heavy atom. The van der Waals surface area contributed by atoms with E-state index in [0.717, 1.165) is 10.0 Å². The van der Waals surface area contributed by atoms with Crippen molar-refractivity contribution in [2.24, 2.45) is 0 Å². The average molecular weight is 369 g/mol. The fourth-order valence-corrected chi connectivity index (χ4v) is 3.40. The van der Waals surface area contributed by atoms with Crippen LogP contribution in [0.2, 0.25) is 0 Å². The molecule has 0 unspecified atom stereocenters. The third-order valence-corrected chi connectivity index (χ3v) is 5.04. The number of nitrogens with one attached hydrogen (secondary N) is 2. The summed E-state index contributed by atoms with van der Waals surface area (Å²) >= 11 is 3.39. The monoisotopic (exact) mass is 368 g/mol. The van der Waals surface area contributed by atoms with Crippen molar-refractivity contribution < 1.29 is 8.42 Å². The largest absolute Gasteiger partial charge is 0.380 e. The fourth-order valence-electron chi connectivity index (χ4n) is 1.91. The van der Waals surface area contributed by atoms with Crippen LogP contribution in [0.3, 0.4) is 0 Å². The van der Waals surface area contributed by atoms with Crippen molar-refractivity contribution in [3.8, 4) is 0 Å². The molecule has 0 radical (unpaired) electrons. The lowest BCUT2D eigenvalue weighted by Gasteiger charge is -2.12. The molecule has 0 bridgehead atoms. The second-order valence-electron chi connectivity index (χ2n) is 4.48. The molecule has 112 valence electrons. The van der Waals surface area contributed by atoms with Crippen LogP contribution in [0.25, 0.3) is 0 Å². The molecular weight excluding hydrogens is 352 g/mol. The maximum atomic E-state index is 12.2. The molecule has 0 fully saturated rings. The van der Waals surface area contributed by atoms with Gasteiger partial charge < -0.3 is 5.32 Å². The number of benzene rings is 2. The van der Waals surface area contributed by atoms with Gasteiger partial charge in [0.05, 0.1) is 5.69 Å². The SMILES string of the molecule is CCNS(=O)(=O)c1ccccc1NCc1ccc(Br)cc1. The zero-order valence-electron chi connectivity index (χ0n) is 11.6. The van der Waals surface area contributed by atoms with Crippen LogP contribution < -0.4 is 10.0 Å². The summed E-state index contributed by atoms with van der Waals surface area (Å²) in [7, 11) is -3.47. The predicted octanol–water partition coefficient (Wildman–Crippen LogP) is 3.36. The summed E-state index contributed by atoms with van der Waals surface area (Å²) in [4.78, 5) is 0.268. The van der Waals surface area contributed by atoms with Crippen LogP contribution in [0.4, 0.5) is 5.69 Å². The van der Waals surface area contributed by atoms with Gasteiger partial charge in [0.25, 0.3) is 0 Å². The van der Waals surface area contributed by atoms with E-state index in [9.17, 15) is 8.42 Å². The highest BCUT2D eigenvalue weighted by Gasteiger charge is 2.16. The number of anilines is 1. The summed E-state index contributed by atoms with van der Waals surface area (Å²) in [6.45, 7) is 2.69. The topological polar surface area (TPSA) is 58.2 Å². The van der Waals surface area contributed by atoms with E-state index in [-0.39, 0.29) is 4.90 Å². The Morgan fingerprint density at radius 1 is 1.05 bits per heavy atom. The normalized spacial score (nSPS) is 11.3. The molecule has 0 heterocycles. The van der Waals surface area contributed by atoms with Crippen molar-refractivity contribution in [2.45, 2.75) is 18.4 Å². The molecule has 0 saturated heterocycles. The van der Waals surface area contributed by atoms with Crippen LogP contribution in [0.1, 0.15) is 12.5 Å². The van der Waals surface area contributed by atoms with Gasteiger partial charge in [-0.3, -0.25) is 0 Å². The van der Waals surface area contributed by atoms with Crippen molar-refractivity contribution in [3.05, 3.63) is 58.6 Å². The average Bonchev–Trinajstić information content (AvgIpc) is 2.47. The number of hydrogen-bond donors (Lipinski definition) is 2. The minimum Gasteiger partial charge on any atom is -0.380 e. The van der Waals surface area contributed by atoms with Gasteiger partial charge in [-0.05, 0) is 29.8 Å². The fraction of sp³-hybridized carbons (Fsp3) is 0.200. The van der Waals surface area contributed by atoms with E-state index in [2.05, 4.69) is 26.0 Å². The van der Waals surface area contributed by atoms with Crippen molar-refractivity contribution >= 4 is 31.6 Å². The van der Waals surface area contributed by atoms with Gasteiger partial charge >= 0.3 is 0 Å². The maximum Gasteiger partial charge on any atom is 0.242 e. The molecular formula is C15H17BrN2O2S. The molecule has 0 aromatic heterocycles. The lowest BCUT2D eigenvalue weighted by atomic mass is 10.2. The third-order valence-electron chi connectivity index (χ3n) is 2.91. The molecule has 0 spiro atoms. The Hall–Kier alpha value is -1.37. The molecule has 0 saturated carbocycles. The second kappa shape index (κ2) is 7.06. The molecule has 0 amide bonds. The number of hydrogen-bond acceptors (Lipinski definition) is 3. The van der Waals surface area contributed by atoms with E-state index >= 15 is 0 Å². The van der Waals surface area contributed by atoms with Crippen molar-refractivity contribution in [2.75, 3.05) is 11.9 Å². The molecule has 2 rings (SSSR count). The summed E-state index contributed by atoms with van der Waals surface area (Å²) < 4.78 is 27.8. The second-order valence-corrected chi connectivity index (χ2v) is 7.13. The van der Waals surface area contributed by atoms with E-state index in [1.807, 2.05) is 30.3 Å². The summed E-state index contributed by atoms with van der Waals surface area (Å²) in [6, 6.07) is 14.8. The molecule has 2 aromatic rings. The molecule has 2 N–H and O–H groups in total. The highest BCUT2D eigenvalue weighted by Crippen LogP contribution is 2.21. The van der Waals surface area contributed by atoms with Crippen LogP contribution in [-0.4, -0.2) is 15.0 Å². The van der Waals surface area contributed by atoms with Gasteiger partial charge in [-0.2, -0.15) is 0 Å². The van der Waals surface area contributed by atoms with Crippen LogP contribution in [0, 0.1) is 0 Å². The van der Waals surface area contributed by atoms with Crippen LogP contribution in [0.15, 0.2) is 57.9 Å².